The molecule has 0 heterocycles. The van der Waals surface area contributed by atoms with Crippen molar-refractivity contribution in [1.82, 2.24) is 0 Å². The largest absolute Gasteiger partial charge is 0.394 e. The van der Waals surface area contributed by atoms with Crippen molar-refractivity contribution in [3.05, 3.63) is 0 Å². The molecule has 0 aromatic rings. The molecule has 1 aliphatic carbocycles. The third-order valence-electron chi connectivity index (χ3n) is 2.29. The highest BCUT2D eigenvalue weighted by atomic mass is 16.5. The average molecular weight is 232 g/mol. The molecular formula is C12H24O4. The Labute approximate surface area is 97.6 Å². The molecule has 0 aromatic heterocycles. The molecule has 0 amide bonds. The molecule has 0 aliphatic heterocycles. The van der Waals surface area contributed by atoms with Gasteiger partial charge in [-0.3, -0.25) is 4.79 Å². The van der Waals surface area contributed by atoms with Crippen molar-refractivity contribution >= 4 is 5.78 Å². The Morgan fingerprint density at radius 3 is 2.12 bits per heavy atom. The lowest BCUT2D eigenvalue weighted by molar-refractivity contribution is -0.120. The van der Waals surface area contributed by atoms with Gasteiger partial charge in [0.25, 0.3) is 0 Å². The molecule has 0 bridgehead atoms. The second-order valence-corrected chi connectivity index (χ2v) is 4.27. The summed E-state index contributed by atoms with van der Waals surface area (Å²) < 4.78 is 4.95. The summed E-state index contributed by atoms with van der Waals surface area (Å²) in [5, 5.41) is 17.1. The quantitative estimate of drug-likeness (QED) is 0.766. The van der Waals surface area contributed by atoms with Crippen LogP contribution < -0.4 is 0 Å². The van der Waals surface area contributed by atoms with Crippen molar-refractivity contribution in [1.29, 1.82) is 0 Å². The van der Waals surface area contributed by atoms with Gasteiger partial charge in [-0.2, -0.15) is 0 Å². The number of Topliss-reactive ketones (excluding diaryl/α,β-unsaturated/α-hetero) is 1. The molecule has 16 heavy (non-hydrogen) atoms. The Morgan fingerprint density at radius 1 is 1.25 bits per heavy atom. The molecule has 4 heteroatoms. The van der Waals surface area contributed by atoms with Crippen LogP contribution >= 0.6 is 0 Å². The normalized spacial score (nSPS) is 19.6. The first-order valence-electron chi connectivity index (χ1n) is 5.98. The van der Waals surface area contributed by atoms with Crippen molar-refractivity contribution in [3.63, 3.8) is 0 Å². The molecule has 1 saturated carbocycles. The predicted molar refractivity (Wildman–Crippen MR) is 62.3 cm³/mol. The third-order valence-corrected chi connectivity index (χ3v) is 2.29. The number of aliphatic hydroxyl groups excluding tert-OH is 2. The van der Waals surface area contributed by atoms with Crippen molar-refractivity contribution in [2.75, 3.05) is 13.2 Å². The summed E-state index contributed by atoms with van der Waals surface area (Å²) in [4.78, 5) is 10.5. The first-order chi connectivity index (χ1) is 7.56. The fraction of sp³-hybridized carbons (Fsp3) is 0.917. The zero-order valence-corrected chi connectivity index (χ0v) is 10.3. The van der Waals surface area contributed by atoms with Crippen LogP contribution in [-0.4, -0.2) is 41.4 Å². The second kappa shape index (κ2) is 9.75. The molecule has 1 aliphatic rings. The summed E-state index contributed by atoms with van der Waals surface area (Å²) in [5.41, 5.74) is 0. The van der Waals surface area contributed by atoms with Gasteiger partial charge < -0.3 is 14.9 Å². The standard InChI is InChI=1S/C6H14O3.C6H10O/c1-5(8)4-9-6(2)3-7;7-6-4-2-1-3-5-6/h5-8H,3-4H2,1-2H3;1-5H2. The van der Waals surface area contributed by atoms with E-state index < -0.39 is 6.10 Å². The Bertz CT molecular complexity index is 172. The van der Waals surface area contributed by atoms with Gasteiger partial charge in [-0.25, -0.2) is 0 Å². The first-order valence-corrected chi connectivity index (χ1v) is 5.98. The van der Waals surface area contributed by atoms with Gasteiger partial charge in [0.1, 0.15) is 5.78 Å². The van der Waals surface area contributed by atoms with Gasteiger partial charge >= 0.3 is 0 Å². The number of ketones is 1. The number of carbonyl (C=O) groups excluding carboxylic acids is 1. The molecule has 96 valence electrons. The summed E-state index contributed by atoms with van der Waals surface area (Å²) in [7, 11) is 0. The lowest BCUT2D eigenvalue weighted by Gasteiger charge is -2.10. The van der Waals surface area contributed by atoms with Gasteiger partial charge in [-0.05, 0) is 26.7 Å². The predicted octanol–water partition coefficient (Wildman–Crippen LogP) is 1.28. The fourth-order valence-electron chi connectivity index (χ4n) is 1.30. The molecule has 1 fully saturated rings. The Kier molecular flexibility index (Phi) is 9.48. The van der Waals surface area contributed by atoms with Crippen LogP contribution in [-0.2, 0) is 9.53 Å². The van der Waals surface area contributed by atoms with Crippen LogP contribution in [0.4, 0.5) is 0 Å². The van der Waals surface area contributed by atoms with E-state index >= 15 is 0 Å². The number of hydrogen-bond donors (Lipinski definition) is 2. The number of aliphatic hydroxyl groups is 2. The summed E-state index contributed by atoms with van der Waals surface area (Å²) in [5.74, 6) is 0.464. The number of hydrogen-bond acceptors (Lipinski definition) is 4. The third kappa shape index (κ3) is 10.1. The van der Waals surface area contributed by atoms with Crippen molar-refractivity contribution < 1.29 is 19.7 Å². The summed E-state index contributed by atoms with van der Waals surface area (Å²) >= 11 is 0. The Morgan fingerprint density at radius 2 is 1.81 bits per heavy atom. The topological polar surface area (TPSA) is 66.8 Å². The number of rotatable bonds is 4. The summed E-state index contributed by atoms with van der Waals surface area (Å²) in [6.07, 6.45) is 4.63. The van der Waals surface area contributed by atoms with Gasteiger partial charge in [0.2, 0.25) is 0 Å². The molecule has 0 aromatic carbocycles. The lowest BCUT2D eigenvalue weighted by atomic mass is 10.00. The van der Waals surface area contributed by atoms with Crippen LogP contribution in [0.15, 0.2) is 0 Å². The maximum atomic E-state index is 10.5. The molecule has 1 rings (SSSR count). The molecule has 0 radical (unpaired) electrons. The van der Waals surface area contributed by atoms with Gasteiger partial charge in [0.15, 0.2) is 0 Å². The fourth-order valence-corrected chi connectivity index (χ4v) is 1.30. The second-order valence-electron chi connectivity index (χ2n) is 4.27. The summed E-state index contributed by atoms with van der Waals surface area (Å²) in [6, 6.07) is 0. The van der Waals surface area contributed by atoms with Crippen molar-refractivity contribution in [2.45, 2.75) is 58.2 Å². The number of ether oxygens (including phenoxy) is 1. The van der Waals surface area contributed by atoms with E-state index in [4.69, 9.17) is 14.9 Å². The molecule has 0 saturated heterocycles. The van der Waals surface area contributed by atoms with Crippen LogP contribution in [0.3, 0.4) is 0 Å². The highest BCUT2D eigenvalue weighted by Gasteiger charge is 2.06. The highest BCUT2D eigenvalue weighted by Crippen LogP contribution is 2.12. The lowest BCUT2D eigenvalue weighted by Crippen LogP contribution is -2.19. The summed E-state index contributed by atoms with van der Waals surface area (Å²) in [6.45, 7) is 3.70. The van der Waals surface area contributed by atoms with Crippen molar-refractivity contribution in [3.8, 4) is 0 Å². The van der Waals surface area contributed by atoms with E-state index in [9.17, 15) is 4.79 Å². The average Bonchev–Trinajstić information content (AvgIpc) is 2.27. The number of carbonyl (C=O) groups is 1. The van der Waals surface area contributed by atoms with Crippen LogP contribution in [0.2, 0.25) is 0 Å². The monoisotopic (exact) mass is 232 g/mol. The zero-order valence-electron chi connectivity index (χ0n) is 10.3. The molecule has 4 nitrogen and oxygen atoms in total. The van der Waals surface area contributed by atoms with E-state index in [0.717, 1.165) is 25.7 Å². The molecule has 2 unspecified atom stereocenters. The van der Waals surface area contributed by atoms with Crippen LogP contribution in [0.25, 0.3) is 0 Å². The minimum absolute atomic E-state index is 0.00667. The maximum Gasteiger partial charge on any atom is 0.132 e. The van der Waals surface area contributed by atoms with E-state index in [2.05, 4.69) is 0 Å². The molecule has 2 N–H and O–H groups in total. The van der Waals surface area contributed by atoms with Gasteiger partial charge in [0, 0.05) is 12.8 Å². The van der Waals surface area contributed by atoms with E-state index in [0.29, 0.717) is 12.4 Å². The molecule has 2 atom stereocenters. The van der Waals surface area contributed by atoms with Gasteiger partial charge in [-0.15, -0.1) is 0 Å². The van der Waals surface area contributed by atoms with E-state index in [1.807, 2.05) is 0 Å². The Hall–Kier alpha value is -0.450. The molecule has 0 spiro atoms. The van der Waals surface area contributed by atoms with Crippen molar-refractivity contribution in [2.24, 2.45) is 0 Å². The maximum absolute atomic E-state index is 10.5. The first kappa shape index (κ1) is 15.6. The Balaban J connectivity index is 0.000000288. The van der Waals surface area contributed by atoms with Gasteiger partial charge in [0.05, 0.1) is 25.4 Å². The zero-order chi connectivity index (χ0) is 12.4. The molecular weight excluding hydrogens is 208 g/mol. The van der Waals surface area contributed by atoms with Crippen LogP contribution in [0.5, 0.6) is 0 Å². The highest BCUT2D eigenvalue weighted by molar-refractivity contribution is 5.78. The van der Waals surface area contributed by atoms with Crippen LogP contribution in [0.1, 0.15) is 46.0 Å². The van der Waals surface area contributed by atoms with Gasteiger partial charge in [-0.1, -0.05) is 6.42 Å². The van der Waals surface area contributed by atoms with Crippen LogP contribution in [0, 0.1) is 0 Å². The minimum atomic E-state index is -0.445. The SMILES string of the molecule is CC(O)COC(C)CO.O=C1CCCCC1. The van der Waals surface area contributed by atoms with E-state index in [1.54, 1.807) is 13.8 Å². The smallest absolute Gasteiger partial charge is 0.132 e. The minimum Gasteiger partial charge on any atom is -0.394 e. The van der Waals surface area contributed by atoms with E-state index in [1.165, 1.54) is 6.42 Å². The van der Waals surface area contributed by atoms with E-state index in [-0.39, 0.29) is 12.7 Å².